The van der Waals surface area contributed by atoms with Crippen molar-refractivity contribution in [2.24, 2.45) is 0 Å². The molecule has 0 radical (unpaired) electrons. The molecule has 0 fully saturated rings. The van der Waals surface area contributed by atoms with Crippen LogP contribution >= 0.6 is 7.37 Å². The first kappa shape index (κ1) is 13.3. The smallest absolute Gasteiger partial charge is 0.316 e. The third kappa shape index (κ3) is 3.65. The van der Waals surface area contributed by atoms with Crippen LogP contribution in [0.15, 0.2) is 30.3 Å². The highest BCUT2D eigenvalue weighted by atomic mass is 31.2. The van der Waals surface area contributed by atoms with Crippen LogP contribution in [0.25, 0.3) is 0 Å². The van der Waals surface area contributed by atoms with Gasteiger partial charge in [-0.15, -0.1) is 0 Å². The molecule has 0 saturated heterocycles. The Bertz CT molecular complexity index is 375. The van der Waals surface area contributed by atoms with Gasteiger partial charge in [-0.1, -0.05) is 25.1 Å². The van der Waals surface area contributed by atoms with Crippen molar-refractivity contribution in [2.45, 2.75) is 13.1 Å². The predicted molar refractivity (Wildman–Crippen MR) is 56.2 cm³/mol. The zero-order chi connectivity index (χ0) is 12.2. The van der Waals surface area contributed by atoms with Crippen LogP contribution in [0.1, 0.15) is 6.92 Å². The lowest BCUT2D eigenvalue weighted by atomic mass is 10.4. The number of alkyl halides is 3. The third-order valence-electron chi connectivity index (χ3n) is 2.00. The largest absolute Gasteiger partial charge is 0.412 e. The third-order valence-corrected chi connectivity index (χ3v) is 4.47. The first-order valence-corrected chi connectivity index (χ1v) is 6.54. The molecule has 1 unspecified atom stereocenters. The fourth-order valence-electron chi connectivity index (χ4n) is 1.18. The molecule has 1 atom stereocenters. The number of hydrogen-bond acceptors (Lipinski definition) is 2. The molecule has 0 aliphatic heterocycles. The standard InChI is InChI=1S/C10H12F3O2P/c1-2-16(14,15-8-10(11,12)13)9-6-4-3-5-7-9/h3-7H,2,8H2,1H3. The quantitative estimate of drug-likeness (QED) is 0.769. The Morgan fingerprint density at radius 2 is 1.81 bits per heavy atom. The SMILES string of the molecule is CCP(=O)(OCC(F)(F)F)c1ccccc1. The fourth-order valence-corrected chi connectivity index (χ4v) is 2.86. The lowest BCUT2D eigenvalue weighted by molar-refractivity contribution is -0.152. The summed E-state index contributed by atoms with van der Waals surface area (Å²) in [5.74, 6) is 0. The molecule has 0 saturated carbocycles. The average molecular weight is 252 g/mol. The van der Waals surface area contributed by atoms with E-state index in [-0.39, 0.29) is 6.16 Å². The van der Waals surface area contributed by atoms with Crippen molar-refractivity contribution in [3.8, 4) is 0 Å². The minimum absolute atomic E-state index is 0.0487. The Hall–Kier alpha value is -0.800. The van der Waals surface area contributed by atoms with Crippen molar-refractivity contribution in [3.05, 3.63) is 30.3 Å². The van der Waals surface area contributed by atoms with E-state index in [2.05, 4.69) is 4.52 Å². The molecule has 0 amide bonds. The topological polar surface area (TPSA) is 26.3 Å². The summed E-state index contributed by atoms with van der Waals surface area (Å²) in [6.07, 6.45) is -4.41. The molecule has 1 rings (SSSR count). The molecule has 90 valence electrons. The number of hydrogen-bond donors (Lipinski definition) is 0. The maximum atomic E-state index is 12.1. The van der Waals surface area contributed by atoms with E-state index in [9.17, 15) is 17.7 Å². The van der Waals surface area contributed by atoms with Gasteiger partial charge < -0.3 is 4.52 Å². The van der Waals surface area contributed by atoms with E-state index in [0.29, 0.717) is 5.30 Å². The first-order chi connectivity index (χ1) is 7.37. The molecule has 2 nitrogen and oxygen atoms in total. The lowest BCUT2D eigenvalue weighted by Gasteiger charge is -2.18. The van der Waals surface area contributed by atoms with Gasteiger partial charge in [0.2, 0.25) is 7.37 Å². The maximum absolute atomic E-state index is 12.1. The molecule has 0 N–H and O–H groups in total. The van der Waals surface area contributed by atoms with Gasteiger partial charge in [-0.3, -0.25) is 4.57 Å². The average Bonchev–Trinajstić information content (AvgIpc) is 2.26. The van der Waals surface area contributed by atoms with Gasteiger partial charge in [0, 0.05) is 11.5 Å². The van der Waals surface area contributed by atoms with E-state index >= 15 is 0 Å². The molecular weight excluding hydrogens is 240 g/mol. The monoisotopic (exact) mass is 252 g/mol. The van der Waals surface area contributed by atoms with Crippen molar-refractivity contribution in [1.82, 2.24) is 0 Å². The molecule has 0 aromatic heterocycles. The molecule has 0 spiro atoms. The van der Waals surface area contributed by atoms with Crippen LogP contribution in [0.2, 0.25) is 0 Å². The highest BCUT2D eigenvalue weighted by Crippen LogP contribution is 2.46. The van der Waals surface area contributed by atoms with Crippen LogP contribution in [0.3, 0.4) is 0 Å². The summed E-state index contributed by atoms with van der Waals surface area (Å²) in [7, 11) is -3.37. The van der Waals surface area contributed by atoms with Crippen molar-refractivity contribution in [1.29, 1.82) is 0 Å². The summed E-state index contributed by atoms with van der Waals surface area (Å²) in [6, 6.07) is 7.97. The van der Waals surface area contributed by atoms with Crippen LogP contribution in [0, 0.1) is 0 Å². The zero-order valence-corrected chi connectivity index (χ0v) is 9.59. The summed E-state index contributed by atoms with van der Waals surface area (Å²) in [4.78, 5) is 0. The summed E-state index contributed by atoms with van der Waals surface area (Å²) in [6.45, 7) is 0.0666. The van der Waals surface area contributed by atoms with Crippen LogP contribution < -0.4 is 5.30 Å². The van der Waals surface area contributed by atoms with E-state index in [1.54, 1.807) is 25.1 Å². The molecule has 0 aliphatic carbocycles. The molecule has 1 aromatic rings. The molecular formula is C10H12F3O2P. The molecule has 0 heterocycles. The molecule has 0 bridgehead atoms. The van der Waals surface area contributed by atoms with Crippen LogP contribution in [-0.2, 0) is 9.09 Å². The van der Waals surface area contributed by atoms with Gasteiger partial charge in [-0.05, 0) is 12.1 Å². The second kappa shape index (κ2) is 5.02. The van der Waals surface area contributed by atoms with Gasteiger partial charge in [0.1, 0.15) is 0 Å². The van der Waals surface area contributed by atoms with Crippen LogP contribution in [-0.4, -0.2) is 18.9 Å². The zero-order valence-electron chi connectivity index (χ0n) is 8.70. The van der Waals surface area contributed by atoms with Gasteiger partial charge in [-0.2, -0.15) is 13.2 Å². The Morgan fingerprint density at radius 1 is 1.25 bits per heavy atom. The van der Waals surface area contributed by atoms with Crippen molar-refractivity contribution < 1.29 is 22.3 Å². The number of benzene rings is 1. The Morgan fingerprint density at radius 3 is 2.25 bits per heavy atom. The first-order valence-electron chi connectivity index (χ1n) is 4.73. The molecule has 0 aliphatic rings. The van der Waals surface area contributed by atoms with E-state index in [4.69, 9.17) is 0 Å². The van der Waals surface area contributed by atoms with Crippen molar-refractivity contribution in [3.63, 3.8) is 0 Å². The lowest BCUT2D eigenvalue weighted by Crippen LogP contribution is -2.19. The van der Waals surface area contributed by atoms with Gasteiger partial charge in [0.25, 0.3) is 0 Å². The van der Waals surface area contributed by atoms with E-state index in [0.717, 1.165) is 0 Å². The van der Waals surface area contributed by atoms with Crippen LogP contribution in [0.4, 0.5) is 13.2 Å². The van der Waals surface area contributed by atoms with E-state index in [1.165, 1.54) is 12.1 Å². The second-order valence-corrected chi connectivity index (χ2v) is 5.97. The Kier molecular flexibility index (Phi) is 4.16. The Balaban J connectivity index is 2.83. The van der Waals surface area contributed by atoms with Gasteiger partial charge in [-0.25, -0.2) is 0 Å². The highest BCUT2D eigenvalue weighted by Gasteiger charge is 2.33. The van der Waals surface area contributed by atoms with Crippen LogP contribution in [0.5, 0.6) is 0 Å². The van der Waals surface area contributed by atoms with E-state index < -0.39 is 20.2 Å². The fraction of sp³-hybridized carbons (Fsp3) is 0.400. The number of halogens is 3. The summed E-state index contributed by atoms with van der Waals surface area (Å²) in [5, 5.41) is 0.321. The predicted octanol–water partition coefficient (Wildman–Crippen LogP) is 3.19. The minimum Gasteiger partial charge on any atom is -0.316 e. The maximum Gasteiger partial charge on any atom is 0.412 e. The van der Waals surface area contributed by atoms with Gasteiger partial charge in [0.15, 0.2) is 6.61 Å². The van der Waals surface area contributed by atoms with Gasteiger partial charge in [0.05, 0.1) is 0 Å². The summed E-state index contributed by atoms with van der Waals surface area (Å²) in [5.41, 5.74) is 0. The minimum atomic E-state index is -4.46. The highest BCUT2D eigenvalue weighted by molar-refractivity contribution is 7.66. The Labute approximate surface area is 91.9 Å². The number of rotatable bonds is 4. The van der Waals surface area contributed by atoms with E-state index in [1.807, 2.05) is 0 Å². The van der Waals surface area contributed by atoms with Crippen molar-refractivity contribution in [2.75, 3.05) is 12.8 Å². The second-order valence-electron chi connectivity index (χ2n) is 3.21. The molecule has 6 heteroatoms. The molecule has 16 heavy (non-hydrogen) atoms. The summed E-state index contributed by atoms with van der Waals surface area (Å²) < 4.78 is 52.6. The summed E-state index contributed by atoms with van der Waals surface area (Å²) >= 11 is 0. The van der Waals surface area contributed by atoms with Crippen molar-refractivity contribution >= 4 is 12.7 Å². The molecule has 1 aromatic carbocycles. The van der Waals surface area contributed by atoms with Gasteiger partial charge >= 0.3 is 6.18 Å². The normalized spacial score (nSPS) is 15.8.